The normalized spacial score (nSPS) is 11.4. The number of ether oxygens (including phenoxy) is 2. The van der Waals surface area contributed by atoms with E-state index in [9.17, 15) is 13.2 Å². The SMILES string of the molecule is COc1ccc(-c2nc(Nc3ccc(Oc4ccccc4)cc3)c3ncn(Cc4ccc(C(F)(F)F)cc4)c3n2)cc1. The van der Waals surface area contributed by atoms with Gasteiger partial charge in [-0.05, 0) is 78.4 Å². The fourth-order valence-electron chi connectivity index (χ4n) is 4.38. The summed E-state index contributed by atoms with van der Waals surface area (Å²) >= 11 is 0. The molecule has 0 unspecified atom stereocenters. The number of alkyl halides is 3. The van der Waals surface area contributed by atoms with Crippen molar-refractivity contribution in [1.82, 2.24) is 19.5 Å². The Kier molecular flexibility index (Phi) is 7.18. The molecule has 0 saturated carbocycles. The fourth-order valence-corrected chi connectivity index (χ4v) is 4.38. The molecule has 0 atom stereocenters. The molecule has 0 aliphatic heterocycles. The van der Waals surface area contributed by atoms with Gasteiger partial charge >= 0.3 is 6.18 Å². The molecule has 0 saturated heterocycles. The second-order valence-corrected chi connectivity index (χ2v) is 9.43. The molecule has 6 rings (SSSR count). The molecular weight excluding hydrogens is 543 g/mol. The minimum atomic E-state index is -4.40. The first kappa shape index (κ1) is 26.8. The van der Waals surface area contributed by atoms with Gasteiger partial charge in [-0.15, -0.1) is 0 Å². The third-order valence-corrected chi connectivity index (χ3v) is 6.54. The number of hydrogen-bond donors (Lipinski definition) is 1. The first-order valence-electron chi connectivity index (χ1n) is 13.0. The lowest BCUT2D eigenvalue weighted by atomic mass is 10.1. The summed E-state index contributed by atoms with van der Waals surface area (Å²) in [7, 11) is 1.59. The van der Waals surface area contributed by atoms with E-state index in [1.807, 2.05) is 78.9 Å². The Morgan fingerprint density at radius 2 is 1.43 bits per heavy atom. The van der Waals surface area contributed by atoms with Crippen LogP contribution in [-0.2, 0) is 12.7 Å². The van der Waals surface area contributed by atoms with Crippen LogP contribution in [0.5, 0.6) is 17.2 Å². The third kappa shape index (κ3) is 5.87. The Bertz CT molecular complexity index is 1800. The molecule has 2 heterocycles. The maximum Gasteiger partial charge on any atom is 0.416 e. The molecule has 0 spiro atoms. The third-order valence-electron chi connectivity index (χ3n) is 6.54. The van der Waals surface area contributed by atoms with Crippen LogP contribution in [0.25, 0.3) is 22.6 Å². The number of imidazole rings is 1. The molecule has 0 aliphatic rings. The monoisotopic (exact) mass is 567 g/mol. The molecular formula is C32H24F3N5O2. The van der Waals surface area contributed by atoms with Crippen molar-refractivity contribution in [1.29, 1.82) is 0 Å². The highest BCUT2D eigenvalue weighted by molar-refractivity contribution is 5.87. The Hall–Kier alpha value is -5.38. The summed E-state index contributed by atoms with van der Waals surface area (Å²) in [6, 6.07) is 29.4. The number of benzene rings is 4. The van der Waals surface area contributed by atoms with Gasteiger partial charge in [0.1, 0.15) is 17.2 Å². The van der Waals surface area contributed by atoms with Crippen LogP contribution in [0.4, 0.5) is 24.7 Å². The summed E-state index contributed by atoms with van der Waals surface area (Å²) in [4.78, 5) is 14.1. The van der Waals surface area contributed by atoms with Crippen molar-refractivity contribution in [3.05, 3.63) is 121 Å². The molecule has 0 radical (unpaired) electrons. The highest BCUT2D eigenvalue weighted by atomic mass is 19.4. The van der Waals surface area contributed by atoms with Crippen molar-refractivity contribution in [3.63, 3.8) is 0 Å². The van der Waals surface area contributed by atoms with Gasteiger partial charge in [0.05, 0.1) is 25.5 Å². The van der Waals surface area contributed by atoms with Crippen LogP contribution >= 0.6 is 0 Å². The summed E-state index contributed by atoms with van der Waals surface area (Å²) in [5, 5.41) is 3.34. The molecule has 0 fully saturated rings. The van der Waals surface area contributed by atoms with Crippen LogP contribution in [-0.4, -0.2) is 26.6 Å². The minimum absolute atomic E-state index is 0.276. The van der Waals surface area contributed by atoms with Crippen LogP contribution in [0.2, 0.25) is 0 Å². The summed E-state index contributed by atoms with van der Waals surface area (Å²) in [5.41, 5.74) is 2.54. The average Bonchev–Trinajstić information content (AvgIpc) is 3.41. The van der Waals surface area contributed by atoms with Crippen LogP contribution in [0, 0.1) is 0 Å². The van der Waals surface area contributed by atoms with Gasteiger partial charge in [-0.2, -0.15) is 13.2 Å². The van der Waals surface area contributed by atoms with Crippen molar-refractivity contribution >= 4 is 22.7 Å². The number of nitrogens with one attached hydrogen (secondary N) is 1. The Balaban J connectivity index is 1.34. The van der Waals surface area contributed by atoms with Gasteiger partial charge in [0.2, 0.25) is 0 Å². The fraction of sp³-hybridized carbons (Fsp3) is 0.0938. The molecule has 1 N–H and O–H groups in total. The molecule has 7 nitrogen and oxygen atoms in total. The summed E-state index contributed by atoms with van der Waals surface area (Å²) in [5.74, 6) is 3.04. The van der Waals surface area contributed by atoms with Gasteiger partial charge in [-0.3, -0.25) is 0 Å². The topological polar surface area (TPSA) is 74.1 Å². The van der Waals surface area contributed by atoms with E-state index in [4.69, 9.17) is 19.4 Å². The number of aromatic nitrogens is 4. The summed E-state index contributed by atoms with van der Waals surface area (Å²) < 4.78 is 52.1. The van der Waals surface area contributed by atoms with E-state index in [0.717, 1.165) is 29.1 Å². The van der Waals surface area contributed by atoms with E-state index in [0.29, 0.717) is 39.9 Å². The Morgan fingerprint density at radius 3 is 2.10 bits per heavy atom. The molecule has 0 amide bonds. The lowest BCUT2D eigenvalue weighted by molar-refractivity contribution is -0.137. The standard InChI is InChI=1S/C32H24F3N5O2/c1-41-25-15-9-22(10-16-25)29-38-30(37-24-13-17-27(18-14-24)42-26-5-3-2-4-6-26)28-31(39-29)40(20-36-28)19-21-7-11-23(12-8-21)32(33,34)35/h2-18,20H,19H2,1H3,(H,37,38,39). The number of methoxy groups -OCH3 is 1. The molecule has 0 bridgehead atoms. The van der Waals surface area contributed by atoms with Gasteiger partial charge in [0, 0.05) is 11.3 Å². The number of rotatable bonds is 8. The van der Waals surface area contributed by atoms with Crippen molar-refractivity contribution in [2.75, 3.05) is 12.4 Å². The number of fused-ring (bicyclic) bond motifs is 1. The Labute approximate surface area is 239 Å². The predicted octanol–water partition coefficient (Wildman–Crippen LogP) is 8.10. The minimum Gasteiger partial charge on any atom is -0.497 e. The number of nitrogens with zero attached hydrogens (tertiary/aromatic N) is 4. The molecule has 210 valence electrons. The molecule has 4 aromatic carbocycles. The predicted molar refractivity (Wildman–Crippen MR) is 154 cm³/mol. The van der Waals surface area contributed by atoms with Crippen LogP contribution in [0.1, 0.15) is 11.1 Å². The Morgan fingerprint density at radius 1 is 0.762 bits per heavy atom. The molecule has 2 aromatic heterocycles. The van der Waals surface area contributed by atoms with Crippen molar-refractivity contribution < 1.29 is 22.6 Å². The molecule has 42 heavy (non-hydrogen) atoms. The second-order valence-electron chi connectivity index (χ2n) is 9.43. The number of halogens is 3. The van der Waals surface area contributed by atoms with Gasteiger partial charge in [-0.1, -0.05) is 30.3 Å². The second kappa shape index (κ2) is 11.2. The molecule has 10 heteroatoms. The highest BCUT2D eigenvalue weighted by Gasteiger charge is 2.30. The first-order chi connectivity index (χ1) is 20.4. The quantitative estimate of drug-likeness (QED) is 0.200. The molecule has 0 aliphatic carbocycles. The smallest absolute Gasteiger partial charge is 0.416 e. The van der Waals surface area contributed by atoms with Gasteiger partial charge in [-0.25, -0.2) is 15.0 Å². The zero-order valence-corrected chi connectivity index (χ0v) is 22.3. The molecule has 6 aromatic rings. The van der Waals surface area contributed by atoms with Crippen LogP contribution < -0.4 is 14.8 Å². The average molecular weight is 568 g/mol. The van der Waals surface area contributed by atoms with E-state index >= 15 is 0 Å². The van der Waals surface area contributed by atoms with Crippen LogP contribution in [0.3, 0.4) is 0 Å². The summed E-state index contributed by atoms with van der Waals surface area (Å²) in [6.07, 6.45) is -2.79. The number of hydrogen-bond acceptors (Lipinski definition) is 6. The van der Waals surface area contributed by atoms with Crippen molar-refractivity contribution in [3.8, 4) is 28.6 Å². The van der Waals surface area contributed by atoms with Gasteiger partial charge < -0.3 is 19.4 Å². The van der Waals surface area contributed by atoms with Crippen molar-refractivity contribution in [2.45, 2.75) is 12.7 Å². The lowest BCUT2D eigenvalue weighted by Crippen LogP contribution is -2.06. The van der Waals surface area contributed by atoms with E-state index in [1.54, 1.807) is 18.0 Å². The van der Waals surface area contributed by atoms with E-state index in [-0.39, 0.29) is 6.54 Å². The largest absolute Gasteiger partial charge is 0.497 e. The lowest BCUT2D eigenvalue weighted by Gasteiger charge is -2.12. The van der Waals surface area contributed by atoms with Gasteiger partial charge in [0.15, 0.2) is 22.8 Å². The summed E-state index contributed by atoms with van der Waals surface area (Å²) in [6.45, 7) is 0.276. The van der Waals surface area contributed by atoms with E-state index in [2.05, 4.69) is 10.3 Å². The first-order valence-corrected chi connectivity index (χ1v) is 13.0. The van der Waals surface area contributed by atoms with E-state index in [1.165, 1.54) is 12.1 Å². The van der Waals surface area contributed by atoms with Crippen LogP contribution in [0.15, 0.2) is 109 Å². The van der Waals surface area contributed by atoms with Gasteiger partial charge in [0.25, 0.3) is 0 Å². The number of para-hydroxylation sites is 1. The maximum atomic E-state index is 13.0. The maximum absolute atomic E-state index is 13.0. The number of anilines is 2. The van der Waals surface area contributed by atoms with Crippen molar-refractivity contribution in [2.24, 2.45) is 0 Å². The van der Waals surface area contributed by atoms with E-state index < -0.39 is 11.7 Å². The zero-order chi connectivity index (χ0) is 29.1. The zero-order valence-electron chi connectivity index (χ0n) is 22.3. The highest BCUT2D eigenvalue weighted by Crippen LogP contribution is 2.31.